The van der Waals surface area contributed by atoms with E-state index in [0.717, 1.165) is 38.8 Å². The fraction of sp³-hybridized carbons (Fsp3) is 0.500. The Morgan fingerprint density at radius 1 is 1.11 bits per heavy atom. The molecule has 2 saturated heterocycles. The summed E-state index contributed by atoms with van der Waals surface area (Å²) in [6, 6.07) is 5.88. The van der Waals surface area contributed by atoms with Gasteiger partial charge in [-0.25, -0.2) is 9.67 Å². The molecular formula is C30H38F3N9O4S. The van der Waals surface area contributed by atoms with Crippen LogP contribution in [0, 0.1) is 0 Å². The van der Waals surface area contributed by atoms with Gasteiger partial charge in [-0.2, -0.15) is 13.2 Å². The fourth-order valence-electron chi connectivity index (χ4n) is 5.42. The maximum absolute atomic E-state index is 14.0. The number of piperazine rings is 1. The molecule has 2 N–H and O–H groups in total. The lowest BCUT2D eigenvalue weighted by Crippen LogP contribution is -2.50. The molecule has 0 radical (unpaired) electrons. The maximum atomic E-state index is 14.0. The molecular weight excluding hydrogens is 639 g/mol. The van der Waals surface area contributed by atoms with Gasteiger partial charge in [0.1, 0.15) is 5.03 Å². The van der Waals surface area contributed by atoms with E-state index in [-0.39, 0.29) is 22.4 Å². The number of carbonyl (C=O) groups excluding carboxylic acids is 2. The molecule has 3 aromatic rings. The maximum Gasteiger partial charge on any atom is 0.417 e. The summed E-state index contributed by atoms with van der Waals surface area (Å²) in [7, 11) is 0.229. The lowest BCUT2D eigenvalue weighted by molar-refractivity contribution is -0.138. The van der Waals surface area contributed by atoms with Crippen molar-refractivity contribution < 1.29 is 31.7 Å². The van der Waals surface area contributed by atoms with Gasteiger partial charge in [0.25, 0.3) is 11.8 Å². The summed E-state index contributed by atoms with van der Waals surface area (Å²) < 4.78 is 60.6. The van der Waals surface area contributed by atoms with Crippen molar-refractivity contribution in [1.29, 1.82) is 0 Å². The Morgan fingerprint density at radius 2 is 1.87 bits per heavy atom. The van der Waals surface area contributed by atoms with Crippen LogP contribution >= 0.6 is 0 Å². The van der Waals surface area contributed by atoms with Crippen molar-refractivity contribution in [3.05, 3.63) is 53.5 Å². The van der Waals surface area contributed by atoms with Crippen molar-refractivity contribution >= 4 is 34.0 Å². The molecule has 2 amide bonds. The minimum Gasteiger partial charge on any atom is -0.379 e. The summed E-state index contributed by atoms with van der Waals surface area (Å²) in [6.45, 7) is 8.48. The Bertz CT molecular complexity index is 1610. The average molecular weight is 678 g/mol. The number of halogens is 3. The number of likely N-dealkylation sites (N-methyl/N-ethyl adjacent to an activating group) is 1. The molecule has 2 atom stereocenters. The third-order valence-corrected chi connectivity index (χ3v) is 9.10. The Hall–Kier alpha value is -3.93. The SMILES string of the molecule is C[C@@H]1CN(c2ccc(-n3cc(C(=O)NCCCN4CCOCC4)nn3)cc2NC(=O)c2cnc(S(C)=O)cc2C(F)(F)F)CCN1C. The fourth-order valence-corrected chi connectivity index (χ4v) is 5.91. The van der Waals surface area contributed by atoms with E-state index < -0.39 is 39.9 Å². The molecule has 0 saturated carbocycles. The number of aromatic nitrogens is 4. The minimum absolute atomic E-state index is 0.0909. The molecule has 1 unspecified atom stereocenters. The number of amides is 2. The number of hydrogen-bond acceptors (Lipinski definition) is 10. The summed E-state index contributed by atoms with van der Waals surface area (Å²) in [5, 5.41) is 13.3. The van der Waals surface area contributed by atoms with Crippen molar-refractivity contribution in [2.75, 3.05) is 82.5 Å². The van der Waals surface area contributed by atoms with Crippen LogP contribution in [0.2, 0.25) is 0 Å². The van der Waals surface area contributed by atoms with Crippen LogP contribution in [0.3, 0.4) is 0 Å². The van der Waals surface area contributed by atoms with Gasteiger partial charge in [0, 0.05) is 57.8 Å². The van der Waals surface area contributed by atoms with Crippen molar-refractivity contribution in [2.24, 2.45) is 0 Å². The Morgan fingerprint density at radius 3 is 2.57 bits per heavy atom. The van der Waals surface area contributed by atoms with Crippen molar-refractivity contribution in [1.82, 2.24) is 35.1 Å². The molecule has 2 aromatic heterocycles. The molecule has 5 rings (SSSR count). The molecule has 0 spiro atoms. The van der Waals surface area contributed by atoms with E-state index in [9.17, 15) is 27.0 Å². The third kappa shape index (κ3) is 8.51. The lowest BCUT2D eigenvalue weighted by atomic mass is 10.1. The van der Waals surface area contributed by atoms with E-state index in [4.69, 9.17) is 4.74 Å². The average Bonchev–Trinajstić information content (AvgIpc) is 3.55. The number of anilines is 2. The zero-order valence-electron chi connectivity index (χ0n) is 26.4. The van der Waals surface area contributed by atoms with E-state index in [1.165, 1.54) is 17.1 Å². The molecule has 13 nitrogen and oxygen atoms in total. The quantitative estimate of drug-likeness (QED) is 0.308. The summed E-state index contributed by atoms with van der Waals surface area (Å²) in [6.07, 6.45) is -0.672. The highest BCUT2D eigenvalue weighted by molar-refractivity contribution is 7.84. The van der Waals surface area contributed by atoms with E-state index >= 15 is 0 Å². The van der Waals surface area contributed by atoms with Crippen LogP contribution in [0.4, 0.5) is 24.5 Å². The van der Waals surface area contributed by atoms with Gasteiger partial charge in [-0.3, -0.25) is 18.7 Å². The van der Waals surface area contributed by atoms with Crippen LogP contribution in [0.1, 0.15) is 39.8 Å². The second-order valence-corrected chi connectivity index (χ2v) is 12.9. The third-order valence-electron chi connectivity index (χ3n) is 8.28. The molecule has 0 bridgehead atoms. The first-order valence-electron chi connectivity index (χ1n) is 15.2. The molecule has 254 valence electrons. The second-order valence-electron chi connectivity index (χ2n) is 11.6. The van der Waals surface area contributed by atoms with E-state index in [1.807, 2.05) is 11.9 Å². The Labute approximate surface area is 272 Å². The molecule has 1 aromatic carbocycles. The van der Waals surface area contributed by atoms with Gasteiger partial charge in [-0.1, -0.05) is 5.21 Å². The van der Waals surface area contributed by atoms with Crippen molar-refractivity contribution in [3.8, 4) is 5.69 Å². The highest BCUT2D eigenvalue weighted by Crippen LogP contribution is 2.35. The normalized spacial score (nSPS) is 18.6. The van der Waals surface area contributed by atoms with Crippen LogP contribution in [-0.4, -0.2) is 124 Å². The minimum atomic E-state index is -4.89. The van der Waals surface area contributed by atoms with Crippen LogP contribution in [-0.2, 0) is 21.7 Å². The topological polar surface area (TPSA) is 138 Å². The summed E-state index contributed by atoms with van der Waals surface area (Å²) in [5.74, 6) is -1.42. The first-order valence-corrected chi connectivity index (χ1v) is 16.8. The zero-order chi connectivity index (χ0) is 33.7. The number of hydrogen-bond donors (Lipinski definition) is 2. The van der Waals surface area contributed by atoms with Crippen LogP contribution in [0.15, 0.2) is 41.7 Å². The van der Waals surface area contributed by atoms with Crippen LogP contribution in [0.25, 0.3) is 5.69 Å². The largest absolute Gasteiger partial charge is 0.417 e. The van der Waals surface area contributed by atoms with Gasteiger partial charge in [0.05, 0.1) is 58.4 Å². The number of pyridine rings is 1. The molecule has 4 heterocycles. The van der Waals surface area contributed by atoms with Gasteiger partial charge in [0.2, 0.25) is 0 Å². The first-order chi connectivity index (χ1) is 22.4. The van der Waals surface area contributed by atoms with Crippen molar-refractivity contribution in [2.45, 2.75) is 30.6 Å². The molecule has 0 aliphatic carbocycles. The van der Waals surface area contributed by atoms with Gasteiger partial charge >= 0.3 is 6.18 Å². The predicted octanol–water partition coefficient (Wildman–Crippen LogP) is 2.26. The molecule has 17 heteroatoms. The molecule has 2 aliphatic heterocycles. The number of nitrogens with one attached hydrogen (secondary N) is 2. The zero-order valence-corrected chi connectivity index (χ0v) is 27.2. The van der Waals surface area contributed by atoms with Gasteiger partial charge in [-0.15, -0.1) is 5.10 Å². The smallest absolute Gasteiger partial charge is 0.379 e. The predicted molar refractivity (Wildman–Crippen MR) is 169 cm³/mol. The summed E-state index contributed by atoms with van der Waals surface area (Å²) in [4.78, 5) is 36.5. The van der Waals surface area contributed by atoms with Crippen LogP contribution in [0.5, 0.6) is 0 Å². The lowest BCUT2D eigenvalue weighted by Gasteiger charge is -2.39. The molecule has 2 fully saturated rings. The van der Waals surface area contributed by atoms with E-state index in [2.05, 4.69) is 42.7 Å². The number of nitrogens with zero attached hydrogens (tertiary/aromatic N) is 7. The highest BCUT2D eigenvalue weighted by Gasteiger charge is 2.36. The van der Waals surface area contributed by atoms with E-state index in [1.54, 1.807) is 18.2 Å². The van der Waals surface area contributed by atoms with E-state index in [0.29, 0.717) is 50.3 Å². The van der Waals surface area contributed by atoms with Crippen molar-refractivity contribution in [3.63, 3.8) is 0 Å². The van der Waals surface area contributed by atoms with Crippen LogP contribution < -0.4 is 15.5 Å². The number of carbonyl (C=O) groups is 2. The Balaban J connectivity index is 1.37. The summed E-state index contributed by atoms with van der Waals surface area (Å²) in [5.41, 5.74) is -0.580. The Kier molecular flexibility index (Phi) is 10.9. The van der Waals surface area contributed by atoms with Gasteiger partial charge in [0.15, 0.2) is 5.69 Å². The second kappa shape index (κ2) is 14.9. The molecule has 47 heavy (non-hydrogen) atoms. The summed E-state index contributed by atoms with van der Waals surface area (Å²) >= 11 is 0. The molecule has 2 aliphatic rings. The van der Waals surface area contributed by atoms with Gasteiger partial charge < -0.3 is 25.2 Å². The highest BCUT2D eigenvalue weighted by atomic mass is 32.2. The number of morpholine rings is 1. The standard InChI is InChI=1S/C30H38F3N9O4S/c1-20-18-41(10-9-39(20)2)26-6-5-21(42-19-25(37-38-42)29(44)34-7-4-8-40-11-13-46-14-12-40)15-24(26)36-28(43)22-17-35-27(47(3)45)16-23(22)30(31,32)33/h5-6,15-17,19-20H,4,7-14,18H2,1-3H3,(H,34,44)(H,36,43)/t20-,47?/m1/s1. The monoisotopic (exact) mass is 677 g/mol. The number of benzene rings is 1. The number of rotatable bonds is 10. The number of alkyl halides is 3. The number of ether oxygens (including phenoxy) is 1. The first kappa shape index (κ1) is 34.4. The van der Waals surface area contributed by atoms with Gasteiger partial charge in [-0.05, 0) is 51.2 Å².